The van der Waals surface area contributed by atoms with Crippen LogP contribution in [0.2, 0.25) is 0 Å². The number of carbonyl (C=O) groups excluding carboxylic acids is 1. The summed E-state index contributed by atoms with van der Waals surface area (Å²) < 4.78 is 7.63. The first-order valence-electron chi connectivity index (χ1n) is 9.57. The summed E-state index contributed by atoms with van der Waals surface area (Å²) in [4.78, 5) is 21.1. The van der Waals surface area contributed by atoms with Gasteiger partial charge in [0.25, 0.3) is 0 Å². The van der Waals surface area contributed by atoms with Crippen LogP contribution < -0.4 is 10.1 Å². The monoisotopic (exact) mass is 421 g/mol. The summed E-state index contributed by atoms with van der Waals surface area (Å²) in [6, 6.07) is 11.8. The van der Waals surface area contributed by atoms with Crippen LogP contribution in [0, 0.1) is 25.2 Å². The molecule has 0 bridgehead atoms. The Morgan fingerprint density at radius 2 is 2.13 bits per heavy atom. The predicted molar refractivity (Wildman–Crippen MR) is 117 cm³/mol. The molecule has 0 saturated heterocycles. The Hall–Kier alpha value is -3.31. The molecule has 0 aliphatic rings. The number of pyridine rings is 1. The quantitative estimate of drug-likeness (QED) is 0.409. The van der Waals surface area contributed by atoms with Crippen LogP contribution >= 0.6 is 11.8 Å². The van der Waals surface area contributed by atoms with Crippen molar-refractivity contribution in [3.05, 3.63) is 60.0 Å². The highest BCUT2D eigenvalue weighted by molar-refractivity contribution is 7.99. The average Bonchev–Trinajstić information content (AvgIpc) is 3.21. The lowest BCUT2D eigenvalue weighted by Crippen LogP contribution is -2.16. The van der Waals surface area contributed by atoms with Gasteiger partial charge in [-0.2, -0.15) is 5.26 Å². The molecule has 1 N–H and O–H groups in total. The SMILES string of the molecule is Cc1ccc(C)c(-n2ccnc2SCC(=O)Nc2ncccc2OCCCC#N)c1. The molecule has 0 atom stereocenters. The third-order valence-corrected chi connectivity index (χ3v) is 5.25. The van der Waals surface area contributed by atoms with E-state index in [9.17, 15) is 4.79 Å². The zero-order valence-corrected chi connectivity index (χ0v) is 17.8. The van der Waals surface area contributed by atoms with E-state index in [4.69, 9.17) is 10.00 Å². The van der Waals surface area contributed by atoms with Crippen LogP contribution in [0.25, 0.3) is 5.69 Å². The molecule has 3 aromatic rings. The van der Waals surface area contributed by atoms with Crippen molar-refractivity contribution in [1.82, 2.24) is 14.5 Å². The van der Waals surface area contributed by atoms with E-state index >= 15 is 0 Å². The van der Waals surface area contributed by atoms with Gasteiger partial charge < -0.3 is 10.1 Å². The van der Waals surface area contributed by atoms with Crippen molar-refractivity contribution in [1.29, 1.82) is 5.26 Å². The third-order valence-electron chi connectivity index (χ3n) is 4.28. The number of nitrogens with zero attached hydrogens (tertiary/aromatic N) is 4. The minimum atomic E-state index is -0.198. The Morgan fingerprint density at radius 3 is 2.97 bits per heavy atom. The molecule has 2 aromatic heterocycles. The van der Waals surface area contributed by atoms with Crippen molar-refractivity contribution in [2.24, 2.45) is 0 Å². The number of benzene rings is 1. The molecule has 7 nitrogen and oxygen atoms in total. The van der Waals surface area contributed by atoms with E-state index in [-0.39, 0.29) is 11.7 Å². The molecule has 0 aliphatic carbocycles. The fraction of sp³-hybridized carbons (Fsp3) is 0.273. The maximum atomic E-state index is 12.5. The van der Waals surface area contributed by atoms with Gasteiger partial charge in [-0.3, -0.25) is 9.36 Å². The second kappa shape index (κ2) is 10.5. The van der Waals surface area contributed by atoms with E-state index in [0.717, 1.165) is 22.0 Å². The highest BCUT2D eigenvalue weighted by Gasteiger charge is 2.13. The number of nitriles is 1. The van der Waals surface area contributed by atoms with Gasteiger partial charge in [-0.25, -0.2) is 9.97 Å². The molecule has 154 valence electrons. The van der Waals surface area contributed by atoms with Crippen molar-refractivity contribution in [2.75, 3.05) is 17.7 Å². The van der Waals surface area contributed by atoms with Crippen molar-refractivity contribution in [2.45, 2.75) is 31.8 Å². The number of nitrogens with one attached hydrogen (secondary N) is 1. The molecule has 1 amide bonds. The topological polar surface area (TPSA) is 92.8 Å². The first-order valence-corrected chi connectivity index (χ1v) is 10.6. The minimum Gasteiger partial charge on any atom is -0.490 e. The van der Waals surface area contributed by atoms with Crippen molar-refractivity contribution in [3.63, 3.8) is 0 Å². The van der Waals surface area contributed by atoms with Gasteiger partial charge in [0.1, 0.15) is 0 Å². The second-order valence-corrected chi connectivity index (χ2v) is 7.61. The maximum Gasteiger partial charge on any atom is 0.236 e. The van der Waals surface area contributed by atoms with E-state index in [1.165, 1.54) is 11.8 Å². The summed E-state index contributed by atoms with van der Waals surface area (Å²) in [7, 11) is 0. The summed E-state index contributed by atoms with van der Waals surface area (Å²) >= 11 is 1.36. The van der Waals surface area contributed by atoms with Gasteiger partial charge in [0.05, 0.1) is 24.1 Å². The molecule has 0 unspecified atom stereocenters. The van der Waals surface area contributed by atoms with E-state index in [0.29, 0.717) is 31.0 Å². The molecule has 30 heavy (non-hydrogen) atoms. The number of ether oxygens (including phenoxy) is 1. The van der Waals surface area contributed by atoms with Gasteiger partial charge in [0.15, 0.2) is 16.7 Å². The van der Waals surface area contributed by atoms with Crippen molar-refractivity contribution in [3.8, 4) is 17.5 Å². The fourth-order valence-corrected chi connectivity index (χ4v) is 3.56. The first kappa shape index (κ1) is 21.4. The van der Waals surface area contributed by atoms with Crippen LogP contribution in [0.5, 0.6) is 5.75 Å². The lowest BCUT2D eigenvalue weighted by Gasteiger charge is -2.12. The normalized spacial score (nSPS) is 10.4. The van der Waals surface area contributed by atoms with Gasteiger partial charge in [0, 0.05) is 25.0 Å². The van der Waals surface area contributed by atoms with Crippen LogP contribution in [-0.2, 0) is 4.79 Å². The second-order valence-electron chi connectivity index (χ2n) is 6.67. The largest absolute Gasteiger partial charge is 0.490 e. The molecule has 0 aliphatic heterocycles. The Labute approximate surface area is 180 Å². The van der Waals surface area contributed by atoms with E-state index < -0.39 is 0 Å². The van der Waals surface area contributed by atoms with Crippen molar-refractivity contribution < 1.29 is 9.53 Å². The molecule has 1 aromatic carbocycles. The zero-order valence-electron chi connectivity index (χ0n) is 17.0. The number of thioether (sulfide) groups is 1. The Morgan fingerprint density at radius 1 is 1.27 bits per heavy atom. The van der Waals surface area contributed by atoms with Gasteiger partial charge >= 0.3 is 0 Å². The van der Waals surface area contributed by atoms with Crippen LogP contribution in [0.3, 0.4) is 0 Å². The number of anilines is 1. The average molecular weight is 422 g/mol. The Balaban J connectivity index is 1.62. The lowest BCUT2D eigenvalue weighted by molar-refractivity contribution is -0.113. The smallest absolute Gasteiger partial charge is 0.236 e. The molecule has 0 spiro atoms. The minimum absolute atomic E-state index is 0.187. The van der Waals surface area contributed by atoms with Crippen molar-refractivity contribution >= 4 is 23.5 Å². The molecule has 0 fully saturated rings. The number of aromatic nitrogens is 3. The van der Waals surface area contributed by atoms with Crippen LogP contribution in [0.1, 0.15) is 24.0 Å². The van der Waals surface area contributed by atoms with E-state index in [1.54, 1.807) is 24.5 Å². The molecular weight excluding hydrogens is 398 g/mol. The first-order chi connectivity index (χ1) is 14.6. The summed E-state index contributed by atoms with van der Waals surface area (Å²) in [6.45, 7) is 4.49. The van der Waals surface area contributed by atoms with Crippen LogP contribution in [-0.4, -0.2) is 32.8 Å². The summed E-state index contributed by atoms with van der Waals surface area (Å²) in [5.41, 5.74) is 3.35. The number of hydrogen-bond donors (Lipinski definition) is 1. The van der Waals surface area contributed by atoms with Gasteiger partial charge in [0.2, 0.25) is 5.91 Å². The van der Waals surface area contributed by atoms with Crippen LogP contribution in [0.15, 0.2) is 54.1 Å². The van der Waals surface area contributed by atoms with Gasteiger partial charge in [-0.05, 0) is 49.6 Å². The molecular formula is C22H23N5O2S. The molecule has 0 radical (unpaired) electrons. The standard InChI is InChI=1S/C22H23N5O2S/c1-16-7-8-17(2)18(14-16)27-12-11-25-22(27)30-15-20(28)26-21-19(6-5-10-24-21)29-13-4-3-9-23/h5-8,10-12,14H,3-4,13,15H2,1-2H3,(H,24,26,28). The number of unbranched alkanes of at least 4 members (excludes halogenated alkanes) is 1. The number of rotatable bonds is 9. The molecule has 0 saturated carbocycles. The predicted octanol–water partition coefficient (Wildman–Crippen LogP) is 4.30. The van der Waals surface area contributed by atoms with E-state index in [1.807, 2.05) is 17.7 Å². The third kappa shape index (κ3) is 5.61. The fourth-order valence-electron chi connectivity index (χ4n) is 2.79. The highest BCUT2D eigenvalue weighted by atomic mass is 32.2. The molecule has 2 heterocycles. The molecule has 3 rings (SSSR count). The van der Waals surface area contributed by atoms with Gasteiger partial charge in [-0.1, -0.05) is 23.9 Å². The number of carbonyl (C=O) groups is 1. The Kier molecular flexibility index (Phi) is 7.46. The molecule has 8 heteroatoms. The summed E-state index contributed by atoms with van der Waals surface area (Å²) in [5, 5.41) is 12.2. The number of aryl methyl sites for hydroxylation is 2. The number of hydrogen-bond acceptors (Lipinski definition) is 6. The van der Waals surface area contributed by atoms with Crippen LogP contribution in [0.4, 0.5) is 5.82 Å². The maximum absolute atomic E-state index is 12.5. The summed E-state index contributed by atoms with van der Waals surface area (Å²) in [5.74, 6) is 0.853. The lowest BCUT2D eigenvalue weighted by atomic mass is 10.1. The highest BCUT2D eigenvalue weighted by Crippen LogP contribution is 2.25. The number of amides is 1. The Bertz CT molecular complexity index is 1060. The van der Waals surface area contributed by atoms with E-state index in [2.05, 4.69) is 46.5 Å². The zero-order chi connectivity index (χ0) is 21.3. The van der Waals surface area contributed by atoms with Gasteiger partial charge in [-0.15, -0.1) is 0 Å². The summed E-state index contributed by atoms with van der Waals surface area (Å²) in [6.07, 6.45) is 6.27. The number of imidazole rings is 1.